The highest BCUT2D eigenvalue weighted by Gasteiger charge is 2.19. The second-order valence-corrected chi connectivity index (χ2v) is 20.3. The molecule has 0 saturated heterocycles. The number of unbranched alkanes of at least 4 members (excludes halogenated alkanes) is 31. The zero-order chi connectivity index (χ0) is 44.9. The second-order valence-electron chi connectivity index (χ2n) is 20.3. The van der Waals surface area contributed by atoms with E-state index in [0.717, 1.165) is 75.5 Å². The van der Waals surface area contributed by atoms with Gasteiger partial charge in [0.25, 0.3) is 0 Å². The average molecular weight is 863 g/mol. The highest BCUT2D eigenvalue weighted by molar-refractivity contribution is 5.71. The topological polar surface area (TPSA) is 78.9 Å². The Bertz CT molecular complexity index is 945. The van der Waals surface area contributed by atoms with Gasteiger partial charge in [-0.15, -0.1) is 0 Å². The molecular weight excluding hydrogens is 757 g/mol. The summed E-state index contributed by atoms with van der Waals surface area (Å²) < 4.78 is 16.8. The van der Waals surface area contributed by atoms with Crippen LogP contribution in [-0.2, 0) is 28.6 Å². The van der Waals surface area contributed by atoms with Crippen LogP contribution in [0.15, 0.2) is 0 Å². The normalized spacial score (nSPS) is 12.1. The van der Waals surface area contributed by atoms with E-state index in [4.69, 9.17) is 14.2 Å². The maximum absolute atomic E-state index is 12.8. The van der Waals surface area contributed by atoms with Crippen LogP contribution in [0.25, 0.3) is 0 Å². The SMILES string of the molecule is CC(C)CCCCCCCCCCCCCCCC(=O)OC[C@H](COC(=O)CCCCCCCCCCCCCC(C)C)OC(=O)CCCCCCCCCCCCC(C)C. The molecule has 0 radical (unpaired) electrons. The van der Waals surface area contributed by atoms with E-state index in [-0.39, 0.29) is 31.1 Å². The van der Waals surface area contributed by atoms with Crippen LogP contribution in [0.5, 0.6) is 0 Å². The predicted molar refractivity (Wildman–Crippen MR) is 261 cm³/mol. The minimum absolute atomic E-state index is 0.0643. The van der Waals surface area contributed by atoms with Crippen molar-refractivity contribution < 1.29 is 28.6 Å². The quantitative estimate of drug-likeness (QED) is 0.0344. The molecule has 0 aromatic rings. The molecule has 0 aliphatic rings. The Morgan fingerprint density at radius 2 is 0.475 bits per heavy atom. The van der Waals surface area contributed by atoms with Crippen LogP contribution in [0.4, 0.5) is 0 Å². The fraction of sp³-hybridized carbons (Fsp3) is 0.945. The van der Waals surface area contributed by atoms with Gasteiger partial charge in [0.05, 0.1) is 0 Å². The molecule has 0 aromatic heterocycles. The van der Waals surface area contributed by atoms with Gasteiger partial charge in [0.1, 0.15) is 13.2 Å². The molecule has 0 bridgehead atoms. The third-order valence-electron chi connectivity index (χ3n) is 12.4. The van der Waals surface area contributed by atoms with Gasteiger partial charge in [0, 0.05) is 19.3 Å². The molecule has 0 unspecified atom stereocenters. The van der Waals surface area contributed by atoms with E-state index in [2.05, 4.69) is 41.5 Å². The van der Waals surface area contributed by atoms with E-state index in [9.17, 15) is 14.4 Å². The van der Waals surface area contributed by atoms with Crippen molar-refractivity contribution >= 4 is 17.9 Å². The van der Waals surface area contributed by atoms with Crippen LogP contribution < -0.4 is 0 Å². The van der Waals surface area contributed by atoms with Crippen LogP contribution >= 0.6 is 0 Å². The lowest BCUT2D eigenvalue weighted by atomic mass is 10.0. The van der Waals surface area contributed by atoms with E-state index < -0.39 is 6.10 Å². The Hall–Kier alpha value is -1.59. The summed E-state index contributed by atoms with van der Waals surface area (Å²) >= 11 is 0. The number of ether oxygens (including phenoxy) is 3. The van der Waals surface area contributed by atoms with Crippen molar-refractivity contribution in [1.82, 2.24) is 0 Å². The predicted octanol–water partition coefficient (Wildman–Crippen LogP) is 17.6. The molecule has 0 rings (SSSR count). The molecule has 0 aliphatic carbocycles. The number of hydrogen-bond acceptors (Lipinski definition) is 6. The van der Waals surface area contributed by atoms with E-state index in [0.29, 0.717) is 19.3 Å². The highest BCUT2D eigenvalue weighted by atomic mass is 16.6. The molecule has 61 heavy (non-hydrogen) atoms. The number of carbonyl (C=O) groups excluding carboxylic acids is 3. The first-order valence-corrected chi connectivity index (χ1v) is 27.1. The number of carbonyl (C=O) groups is 3. The fourth-order valence-corrected chi connectivity index (χ4v) is 8.29. The van der Waals surface area contributed by atoms with E-state index in [1.807, 2.05) is 0 Å². The summed E-state index contributed by atoms with van der Waals surface area (Å²) in [6, 6.07) is 0. The van der Waals surface area contributed by atoms with Gasteiger partial charge in [-0.3, -0.25) is 14.4 Å². The molecule has 6 heteroatoms. The molecule has 362 valence electrons. The summed E-state index contributed by atoms with van der Waals surface area (Å²) in [6.07, 6.45) is 46.6. The van der Waals surface area contributed by atoms with Crippen LogP contribution in [0.1, 0.15) is 298 Å². The summed E-state index contributed by atoms with van der Waals surface area (Å²) in [5.74, 6) is 1.63. The smallest absolute Gasteiger partial charge is 0.306 e. The first-order valence-electron chi connectivity index (χ1n) is 27.1. The van der Waals surface area contributed by atoms with Crippen LogP contribution in [0.3, 0.4) is 0 Å². The fourth-order valence-electron chi connectivity index (χ4n) is 8.29. The van der Waals surface area contributed by atoms with Crippen molar-refractivity contribution in [1.29, 1.82) is 0 Å². The molecule has 6 nitrogen and oxygen atoms in total. The van der Waals surface area contributed by atoms with Crippen molar-refractivity contribution in [2.45, 2.75) is 304 Å². The molecule has 0 N–H and O–H groups in total. The van der Waals surface area contributed by atoms with Crippen molar-refractivity contribution in [2.75, 3.05) is 13.2 Å². The van der Waals surface area contributed by atoms with Crippen molar-refractivity contribution in [3.8, 4) is 0 Å². The second kappa shape index (κ2) is 46.4. The van der Waals surface area contributed by atoms with Gasteiger partial charge in [0.2, 0.25) is 0 Å². The van der Waals surface area contributed by atoms with Gasteiger partial charge in [0.15, 0.2) is 6.10 Å². The van der Waals surface area contributed by atoms with Gasteiger partial charge < -0.3 is 14.2 Å². The van der Waals surface area contributed by atoms with Gasteiger partial charge in [-0.1, -0.05) is 260 Å². The van der Waals surface area contributed by atoms with Crippen molar-refractivity contribution in [3.05, 3.63) is 0 Å². The Morgan fingerprint density at radius 3 is 0.705 bits per heavy atom. The minimum atomic E-state index is -0.763. The number of rotatable bonds is 48. The summed E-state index contributed by atoms with van der Waals surface area (Å²) in [4.78, 5) is 38.0. The lowest BCUT2D eigenvalue weighted by Gasteiger charge is -2.18. The minimum Gasteiger partial charge on any atom is -0.462 e. The molecule has 1 atom stereocenters. The van der Waals surface area contributed by atoms with Gasteiger partial charge in [-0.05, 0) is 37.0 Å². The molecule has 0 spiro atoms. The third-order valence-corrected chi connectivity index (χ3v) is 12.4. The Morgan fingerprint density at radius 1 is 0.279 bits per heavy atom. The van der Waals surface area contributed by atoms with E-state index >= 15 is 0 Å². The summed E-state index contributed by atoms with van der Waals surface area (Å²) in [5, 5.41) is 0. The lowest BCUT2D eigenvalue weighted by molar-refractivity contribution is -0.167. The zero-order valence-corrected chi connectivity index (χ0v) is 42.0. The largest absolute Gasteiger partial charge is 0.462 e. The molecule has 0 saturated carbocycles. The Kier molecular flexibility index (Phi) is 45.2. The van der Waals surface area contributed by atoms with Crippen molar-refractivity contribution in [3.63, 3.8) is 0 Å². The summed E-state index contributed by atoms with van der Waals surface area (Å²) in [7, 11) is 0. The van der Waals surface area contributed by atoms with E-state index in [1.54, 1.807) is 0 Å². The highest BCUT2D eigenvalue weighted by Crippen LogP contribution is 2.18. The molecule has 0 aliphatic heterocycles. The monoisotopic (exact) mass is 863 g/mol. The van der Waals surface area contributed by atoms with Gasteiger partial charge >= 0.3 is 17.9 Å². The summed E-state index contributed by atoms with van der Waals surface area (Å²) in [5.41, 5.74) is 0. The first-order chi connectivity index (χ1) is 29.6. The lowest BCUT2D eigenvalue weighted by Crippen LogP contribution is -2.30. The number of hydrogen-bond donors (Lipinski definition) is 0. The van der Waals surface area contributed by atoms with Crippen LogP contribution in [0, 0.1) is 17.8 Å². The first kappa shape index (κ1) is 59.4. The van der Waals surface area contributed by atoms with Gasteiger partial charge in [-0.2, -0.15) is 0 Å². The number of esters is 3. The van der Waals surface area contributed by atoms with Crippen molar-refractivity contribution in [2.24, 2.45) is 17.8 Å². The molecule has 0 fully saturated rings. The maximum Gasteiger partial charge on any atom is 0.306 e. The standard InChI is InChI=1S/C55H106O6/c1-49(2)41-35-29-23-17-11-8-7-9-13-20-26-32-38-44-53(56)59-47-52(61-55(58)46-40-34-28-22-16-15-19-25-31-37-43-51(5)6)48-60-54(57)45-39-33-27-21-14-10-12-18-24-30-36-42-50(3)4/h49-52H,7-48H2,1-6H3/t52-/m1/s1. The summed E-state index contributed by atoms with van der Waals surface area (Å²) in [6.45, 7) is 13.7. The van der Waals surface area contributed by atoms with Gasteiger partial charge in [-0.25, -0.2) is 0 Å². The molecule has 0 aromatic carbocycles. The molecular formula is C55H106O6. The molecule has 0 amide bonds. The Labute approximate surface area is 380 Å². The third kappa shape index (κ3) is 49.3. The average Bonchev–Trinajstić information content (AvgIpc) is 3.22. The zero-order valence-electron chi connectivity index (χ0n) is 42.0. The van der Waals surface area contributed by atoms with Crippen LogP contribution in [0.2, 0.25) is 0 Å². The molecule has 0 heterocycles. The van der Waals surface area contributed by atoms with Crippen LogP contribution in [-0.4, -0.2) is 37.2 Å². The Balaban J connectivity index is 4.31. The maximum atomic E-state index is 12.8. The van der Waals surface area contributed by atoms with E-state index in [1.165, 1.54) is 180 Å².